The van der Waals surface area contributed by atoms with E-state index in [2.05, 4.69) is 20.6 Å². The average Bonchev–Trinajstić information content (AvgIpc) is 3.31. The van der Waals surface area contributed by atoms with Crippen LogP contribution in [0.15, 0.2) is 47.3 Å². The molecule has 2 aromatic heterocycles. The SMILES string of the molecule is Nc1c(NCc2ccc3c(c2)OCO3)ncnc1NCc1ccco1. The van der Waals surface area contributed by atoms with Crippen molar-refractivity contribution >= 4 is 17.3 Å². The van der Waals surface area contributed by atoms with E-state index in [4.69, 9.17) is 19.6 Å². The van der Waals surface area contributed by atoms with Gasteiger partial charge in [0, 0.05) is 6.54 Å². The number of ether oxygens (including phenoxy) is 2. The number of furan rings is 1. The van der Waals surface area contributed by atoms with Gasteiger partial charge >= 0.3 is 0 Å². The molecule has 1 aliphatic rings. The van der Waals surface area contributed by atoms with E-state index in [1.165, 1.54) is 6.33 Å². The zero-order valence-corrected chi connectivity index (χ0v) is 13.4. The molecular weight excluding hydrogens is 322 g/mol. The lowest BCUT2D eigenvalue weighted by atomic mass is 10.2. The lowest BCUT2D eigenvalue weighted by molar-refractivity contribution is 0.174. The summed E-state index contributed by atoms with van der Waals surface area (Å²) in [5, 5.41) is 6.36. The number of hydrogen-bond donors (Lipinski definition) is 3. The molecule has 0 radical (unpaired) electrons. The fourth-order valence-corrected chi connectivity index (χ4v) is 2.50. The van der Waals surface area contributed by atoms with Crippen molar-refractivity contribution in [1.82, 2.24) is 9.97 Å². The van der Waals surface area contributed by atoms with Crippen molar-refractivity contribution in [2.24, 2.45) is 0 Å². The van der Waals surface area contributed by atoms with Crippen LogP contribution in [-0.2, 0) is 13.1 Å². The molecule has 0 spiro atoms. The molecule has 0 unspecified atom stereocenters. The Balaban J connectivity index is 1.42. The first-order valence-electron chi connectivity index (χ1n) is 7.79. The maximum absolute atomic E-state index is 6.15. The normalized spacial score (nSPS) is 12.2. The summed E-state index contributed by atoms with van der Waals surface area (Å²) in [4.78, 5) is 8.38. The maximum atomic E-state index is 6.15. The van der Waals surface area contributed by atoms with Gasteiger partial charge in [-0.05, 0) is 29.8 Å². The molecule has 128 valence electrons. The van der Waals surface area contributed by atoms with Crippen LogP contribution in [0.2, 0.25) is 0 Å². The molecule has 4 N–H and O–H groups in total. The van der Waals surface area contributed by atoms with Crippen LogP contribution in [0.4, 0.5) is 17.3 Å². The third-order valence-corrected chi connectivity index (χ3v) is 3.79. The Morgan fingerprint density at radius 1 is 1.00 bits per heavy atom. The number of hydrogen-bond acceptors (Lipinski definition) is 8. The van der Waals surface area contributed by atoms with Crippen LogP contribution in [0.25, 0.3) is 0 Å². The van der Waals surface area contributed by atoms with E-state index < -0.39 is 0 Å². The highest BCUT2D eigenvalue weighted by molar-refractivity contribution is 5.74. The second kappa shape index (κ2) is 6.60. The molecule has 1 aliphatic heterocycles. The molecular formula is C17H17N5O3. The molecule has 0 saturated heterocycles. The summed E-state index contributed by atoms with van der Waals surface area (Å²) in [5.41, 5.74) is 7.64. The topological polar surface area (TPSA) is 107 Å². The minimum absolute atomic E-state index is 0.260. The molecule has 0 amide bonds. The Hall–Kier alpha value is -3.42. The van der Waals surface area contributed by atoms with Gasteiger partial charge < -0.3 is 30.3 Å². The number of nitrogens with two attached hydrogens (primary N) is 1. The van der Waals surface area contributed by atoms with Crippen molar-refractivity contribution in [3.8, 4) is 11.5 Å². The van der Waals surface area contributed by atoms with Gasteiger partial charge in [-0.2, -0.15) is 0 Å². The molecule has 4 rings (SSSR count). The molecule has 3 heterocycles. The molecule has 0 bridgehead atoms. The number of nitrogens with zero attached hydrogens (tertiary/aromatic N) is 2. The summed E-state index contributed by atoms with van der Waals surface area (Å²) in [6, 6.07) is 9.50. The molecule has 25 heavy (non-hydrogen) atoms. The first kappa shape index (κ1) is 15.1. The lowest BCUT2D eigenvalue weighted by Crippen LogP contribution is -2.09. The highest BCUT2D eigenvalue weighted by atomic mass is 16.7. The number of benzene rings is 1. The van der Waals surface area contributed by atoms with Gasteiger partial charge in [-0.25, -0.2) is 9.97 Å². The van der Waals surface area contributed by atoms with Crippen LogP contribution >= 0.6 is 0 Å². The van der Waals surface area contributed by atoms with Crippen LogP contribution < -0.4 is 25.8 Å². The van der Waals surface area contributed by atoms with E-state index in [0.717, 1.165) is 22.8 Å². The van der Waals surface area contributed by atoms with E-state index in [1.54, 1.807) is 6.26 Å². The zero-order valence-electron chi connectivity index (χ0n) is 13.4. The van der Waals surface area contributed by atoms with Crippen LogP contribution in [0.5, 0.6) is 11.5 Å². The molecule has 0 fully saturated rings. The monoisotopic (exact) mass is 339 g/mol. The summed E-state index contributed by atoms with van der Waals surface area (Å²) in [6.07, 6.45) is 3.08. The Morgan fingerprint density at radius 2 is 1.80 bits per heavy atom. The highest BCUT2D eigenvalue weighted by Gasteiger charge is 2.14. The number of nitrogens with one attached hydrogen (secondary N) is 2. The molecule has 0 aliphatic carbocycles. The van der Waals surface area contributed by atoms with Crippen LogP contribution in [-0.4, -0.2) is 16.8 Å². The van der Waals surface area contributed by atoms with E-state index >= 15 is 0 Å². The number of fused-ring (bicyclic) bond motifs is 1. The summed E-state index contributed by atoms with van der Waals surface area (Å²) in [5.74, 6) is 3.42. The van der Waals surface area contributed by atoms with Crippen LogP contribution in [0.1, 0.15) is 11.3 Å². The predicted molar refractivity (Wildman–Crippen MR) is 92.4 cm³/mol. The molecule has 1 aromatic carbocycles. The molecule has 0 atom stereocenters. The van der Waals surface area contributed by atoms with E-state index in [-0.39, 0.29) is 6.79 Å². The number of aromatic nitrogens is 2. The largest absolute Gasteiger partial charge is 0.467 e. The number of anilines is 3. The van der Waals surface area contributed by atoms with E-state index in [9.17, 15) is 0 Å². The Morgan fingerprint density at radius 3 is 2.60 bits per heavy atom. The van der Waals surface area contributed by atoms with Gasteiger partial charge in [0.2, 0.25) is 6.79 Å². The zero-order chi connectivity index (χ0) is 17.1. The minimum Gasteiger partial charge on any atom is -0.467 e. The lowest BCUT2D eigenvalue weighted by Gasteiger charge is -2.12. The molecule has 8 heteroatoms. The van der Waals surface area contributed by atoms with Crippen molar-refractivity contribution < 1.29 is 13.9 Å². The fourth-order valence-electron chi connectivity index (χ4n) is 2.50. The van der Waals surface area contributed by atoms with Gasteiger partial charge in [-0.1, -0.05) is 6.07 Å². The summed E-state index contributed by atoms with van der Waals surface area (Å²) in [6.45, 7) is 1.31. The fraction of sp³-hybridized carbons (Fsp3) is 0.176. The van der Waals surface area contributed by atoms with E-state index in [1.807, 2.05) is 30.3 Å². The van der Waals surface area contributed by atoms with Crippen molar-refractivity contribution in [2.45, 2.75) is 13.1 Å². The quantitative estimate of drug-likeness (QED) is 0.629. The van der Waals surface area contributed by atoms with Gasteiger partial charge in [-0.3, -0.25) is 0 Å². The number of nitrogen functional groups attached to an aromatic ring is 1. The average molecular weight is 339 g/mol. The van der Waals surface area contributed by atoms with Gasteiger partial charge in [0.15, 0.2) is 23.1 Å². The number of rotatable bonds is 6. The minimum atomic E-state index is 0.260. The second-order valence-electron chi connectivity index (χ2n) is 5.46. The van der Waals surface area contributed by atoms with Crippen molar-refractivity contribution in [1.29, 1.82) is 0 Å². The van der Waals surface area contributed by atoms with Crippen molar-refractivity contribution in [3.05, 3.63) is 54.2 Å². The standard InChI is InChI=1S/C17H17N5O3/c18-15-16(19-7-11-3-4-13-14(6-11)25-10-24-13)21-9-22-17(15)20-8-12-2-1-5-23-12/h1-6,9H,7-8,10,18H2,(H2,19,20,21,22). The second-order valence-corrected chi connectivity index (χ2v) is 5.46. The Kier molecular flexibility index (Phi) is 3.99. The van der Waals surface area contributed by atoms with Crippen molar-refractivity contribution in [2.75, 3.05) is 23.2 Å². The van der Waals surface area contributed by atoms with Gasteiger partial charge in [-0.15, -0.1) is 0 Å². The third-order valence-electron chi connectivity index (χ3n) is 3.79. The van der Waals surface area contributed by atoms with Gasteiger partial charge in [0.1, 0.15) is 17.8 Å². The summed E-state index contributed by atoms with van der Waals surface area (Å²) in [7, 11) is 0. The van der Waals surface area contributed by atoms with Crippen LogP contribution in [0, 0.1) is 0 Å². The molecule has 8 nitrogen and oxygen atoms in total. The maximum Gasteiger partial charge on any atom is 0.231 e. The van der Waals surface area contributed by atoms with Crippen LogP contribution in [0.3, 0.4) is 0 Å². The van der Waals surface area contributed by atoms with Gasteiger partial charge in [0.05, 0.1) is 12.8 Å². The highest BCUT2D eigenvalue weighted by Crippen LogP contribution is 2.33. The predicted octanol–water partition coefficient (Wildman–Crippen LogP) is 2.60. The summed E-state index contributed by atoms with van der Waals surface area (Å²) < 4.78 is 16.0. The smallest absolute Gasteiger partial charge is 0.231 e. The summed E-state index contributed by atoms with van der Waals surface area (Å²) >= 11 is 0. The van der Waals surface area contributed by atoms with E-state index in [0.29, 0.717) is 30.4 Å². The van der Waals surface area contributed by atoms with Gasteiger partial charge in [0.25, 0.3) is 0 Å². The first-order chi connectivity index (χ1) is 12.3. The third kappa shape index (κ3) is 3.27. The molecule has 0 saturated carbocycles. The first-order valence-corrected chi connectivity index (χ1v) is 7.79. The Bertz CT molecular complexity index is 867. The van der Waals surface area contributed by atoms with Crippen molar-refractivity contribution in [3.63, 3.8) is 0 Å². The Labute approximate surface area is 144 Å². The molecule has 3 aromatic rings.